The molecular weight excluding hydrogens is 188 g/mol. The van der Waals surface area contributed by atoms with Gasteiger partial charge < -0.3 is 10.3 Å². The molecule has 0 aliphatic heterocycles. The van der Waals surface area contributed by atoms with Crippen LogP contribution >= 0.6 is 0 Å². The number of aromatic nitrogens is 1. The van der Waals surface area contributed by atoms with Gasteiger partial charge in [0.1, 0.15) is 5.69 Å². The van der Waals surface area contributed by atoms with Crippen LogP contribution in [0.4, 0.5) is 11.4 Å². The number of anilines is 2. The minimum absolute atomic E-state index is 0.113. The molecule has 3 nitrogen and oxygen atoms in total. The van der Waals surface area contributed by atoms with Crippen LogP contribution in [-0.4, -0.2) is 4.98 Å². The van der Waals surface area contributed by atoms with E-state index in [9.17, 15) is 4.79 Å². The predicted octanol–water partition coefficient (Wildman–Crippen LogP) is 2.43. The second-order valence-electron chi connectivity index (χ2n) is 3.40. The smallest absolute Gasteiger partial charge is 0.271 e. The lowest BCUT2D eigenvalue weighted by Gasteiger charge is -2.04. The van der Waals surface area contributed by atoms with Crippen molar-refractivity contribution in [1.82, 2.24) is 4.98 Å². The molecule has 0 amide bonds. The van der Waals surface area contributed by atoms with Gasteiger partial charge in [0, 0.05) is 11.9 Å². The van der Waals surface area contributed by atoms with Crippen LogP contribution in [0.25, 0.3) is 0 Å². The number of benzene rings is 1. The molecule has 1 aromatic carbocycles. The van der Waals surface area contributed by atoms with Crippen molar-refractivity contribution in [2.45, 2.75) is 6.92 Å². The third-order valence-corrected chi connectivity index (χ3v) is 2.15. The van der Waals surface area contributed by atoms with Crippen molar-refractivity contribution >= 4 is 11.4 Å². The van der Waals surface area contributed by atoms with E-state index in [-0.39, 0.29) is 5.56 Å². The van der Waals surface area contributed by atoms with Crippen LogP contribution in [0.2, 0.25) is 0 Å². The Bertz CT molecular complexity index is 500. The van der Waals surface area contributed by atoms with Crippen LogP contribution in [0.1, 0.15) is 5.56 Å². The van der Waals surface area contributed by atoms with Gasteiger partial charge in [-0.3, -0.25) is 4.79 Å². The zero-order valence-corrected chi connectivity index (χ0v) is 8.45. The van der Waals surface area contributed by atoms with E-state index in [1.165, 1.54) is 5.56 Å². The minimum atomic E-state index is -0.113. The number of hydrogen-bond acceptors (Lipinski definition) is 2. The number of H-pyrrole nitrogens is 1. The molecule has 0 radical (unpaired) electrons. The summed E-state index contributed by atoms with van der Waals surface area (Å²) < 4.78 is 0. The van der Waals surface area contributed by atoms with E-state index < -0.39 is 0 Å². The van der Waals surface area contributed by atoms with Crippen LogP contribution in [0.3, 0.4) is 0 Å². The molecule has 15 heavy (non-hydrogen) atoms. The van der Waals surface area contributed by atoms with Crippen LogP contribution in [0.5, 0.6) is 0 Å². The molecule has 1 heterocycles. The molecule has 0 fully saturated rings. The number of nitrogens with one attached hydrogen (secondary N) is 2. The summed E-state index contributed by atoms with van der Waals surface area (Å²) in [7, 11) is 0. The number of aryl methyl sites for hydroxylation is 1. The molecule has 2 aromatic rings. The average Bonchev–Trinajstić information content (AvgIpc) is 2.25. The van der Waals surface area contributed by atoms with Gasteiger partial charge in [-0.2, -0.15) is 0 Å². The number of hydrogen-bond donors (Lipinski definition) is 2. The summed E-state index contributed by atoms with van der Waals surface area (Å²) in [5.41, 5.74) is 2.55. The summed E-state index contributed by atoms with van der Waals surface area (Å²) in [6.07, 6.45) is 1.61. The van der Waals surface area contributed by atoms with Crippen molar-refractivity contribution in [2.24, 2.45) is 0 Å². The van der Waals surface area contributed by atoms with Crippen molar-refractivity contribution in [2.75, 3.05) is 5.32 Å². The Morgan fingerprint density at radius 1 is 1.13 bits per heavy atom. The molecule has 76 valence electrons. The lowest BCUT2D eigenvalue weighted by atomic mass is 10.2. The van der Waals surface area contributed by atoms with Crippen LogP contribution in [0.15, 0.2) is 47.4 Å². The summed E-state index contributed by atoms with van der Waals surface area (Å²) in [5.74, 6) is 0. The van der Waals surface area contributed by atoms with Gasteiger partial charge >= 0.3 is 0 Å². The van der Waals surface area contributed by atoms with Gasteiger partial charge in [0.2, 0.25) is 0 Å². The fraction of sp³-hybridized carbons (Fsp3) is 0.0833. The first-order valence-electron chi connectivity index (χ1n) is 4.77. The third kappa shape index (κ3) is 2.26. The second kappa shape index (κ2) is 4.00. The zero-order valence-electron chi connectivity index (χ0n) is 8.45. The number of rotatable bonds is 2. The molecule has 0 saturated carbocycles. The standard InChI is InChI=1S/C12H12N2O/c1-9-4-6-10(7-5-9)14-11-3-2-8-13-12(11)15/h2-8,14H,1H3,(H,13,15). The maximum absolute atomic E-state index is 11.4. The molecular formula is C12H12N2O. The highest BCUT2D eigenvalue weighted by atomic mass is 16.1. The SMILES string of the molecule is Cc1ccc(Nc2ccc[nH]c2=O)cc1. The van der Waals surface area contributed by atoms with Crippen molar-refractivity contribution in [3.8, 4) is 0 Å². The molecule has 2 rings (SSSR count). The van der Waals surface area contributed by atoms with Crippen LogP contribution in [0, 0.1) is 6.92 Å². The fourth-order valence-corrected chi connectivity index (χ4v) is 1.31. The van der Waals surface area contributed by atoms with Gasteiger partial charge in [-0.1, -0.05) is 17.7 Å². The van der Waals surface area contributed by atoms with E-state index in [4.69, 9.17) is 0 Å². The topological polar surface area (TPSA) is 44.9 Å². The third-order valence-electron chi connectivity index (χ3n) is 2.15. The lowest BCUT2D eigenvalue weighted by Crippen LogP contribution is -2.09. The highest BCUT2D eigenvalue weighted by Gasteiger charge is 1.97. The van der Waals surface area contributed by atoms with E-state index in [2.05, 4.69) is 10.3 Å². The Labute approximate surface area is 87.8 Å². The Morgan fingerprint density at radius 2 is 1.87 bits per heavy atom. The molecule has 0 atom stereocenters. The molecule has 0 bridgehead atoms. The van der Waals surface area contributed by atoms with E-state index in [0.29, 0.717) is 5.69 Å². The Kier molecular flexibility index (Phi) is 2.54. The zero-order chi connectivity index (χ0) is 10.7. The van der Waals surface area contributed by atoms with Gasteiger partial charge in [0.25, 0.3) is 5.56 Å². The van der Waals surface area contributed by atoms with E-state index in [1.54, 1.807) is 18.3 Å². The normalized spacial score (nSPS) is 9.93. The Balaban J connectivity index is 2.26. The Morgan fingerprint density at radius 3 is 2.53 bits per heavy atom. The van der Waals surface area contributed by atoms with Crippen molar-refractivity contribution in [3.63, 3.8) is 0 Å². The average molecular weight is 200 g/mol. The van der Waals surface area contributed by atoms with E-state index in [0.717, 1.165) is 5.69 Å². The molecule has 3 heteroatoms. The van der Waals surface area contributed by atoms with Gasteiger partial charge in [0.05, 0.1) is 0 Å². The quantitative estimate of drug-likeness (QED) is 0.782. The van der Waals surface area contributed by atoms with Gasteiger partial charge in [-0.05, 0) is 31.2 Å². The van der Waals surface area contributed by atoms with Gasteiger partial charge in [-0.15, -0.1) is 0 Å². The largest absolute Gasteiger partial charge is 0.351 e. The van der Waals surface area contributed by atoms with Gasteiger partial charge in [0.15, 0.2) is 0 Å². The number of aromatic amines is 1. The molecule has 1 aromatic heterocycles. The molecule has 0 aliphatic carbocycles. The summed E-state index contributed by atoms with van der Waals surface area (Å²) in [6, 6.07) is 11.4. The van der Waals surface area contributed by atoms with E-state index in [1.807, 2.05) is 31.2 Å². The van der Waals surface area contributed by atoms with E-state index >= 15 is 0 Å². The predicted molar refractivity (Wildman–Crippen MR) is 61.5 cm³/mol. The maximum atomic E-state index is 11.4. The molecule has 0 aliphatic rings. The second-order valence-corrected chi connectivity index (χ2v) is 3.40. The number of pyridine rings is 1. The first-order chi connectivity index (χ1) is 7.25. The van der Waals surface area contributed by atoms with Crippen molar-refractivity contribution in [3.05, 3.63) is 58.5 Å². The molecule has 0 spiro atoms. The van der Waals surface area contributed by atoms with Crippen molar-refractivity contribution in [1.29, 1.82) is 0 Å². The van der Waals surface area contributed by atoms with Gasteiger partial charge in [-0.25, -0.2) is 0 Å². The Hall–Kier alpha value is -2.03. The highest BCUT2D eigenvalue weighted by Crippen LogP contribution is 2.12. The fourth-order valence-electron chi connectivity index (χ4n) is 1.31. The molecule has 0 saturated heterocycles. The molecule has 2 N–H and O–H groups in total. The van der Waals surface area contributed by atoms with Crippen LogP contribution < -0.4 is 10.9 Å². The molecule has 0 unspecified atom stereocenters. The monoisotopic (exact) mass is 200 g/mol. The lowest BCUT2D eigenvalue weighted by molar-refractivity contribution is 1.23. The summed E-state index contributed by atoms with van der Waals surface area (Å²) in [4.78, 5) is 14.0. The summed E-state index contributed by atoms with van der Waals surface area (Å²) in [6.45, 7) is 2.03. The summed E-state index contributed by atoms with van der Waals surface area (Å²) in [5, 5.41) is 3.06. The first kappa shape index (κ1) is 9.52. The minimum Gasteiger partial charge on any atom is -0.351 e. The van der Waals surface area contributed by atoms with Crippen molar-refractivity contribution < 1.29 is 0 Å². The maximum Gasteiger partial charge on any atom is 0.271 e. The highest BCUT2D eigenvalue weighted by molar-refractivity contribution is 5.58. The first-order valence-corrected chi connectivity index (χ1v) is 4.77. The summed E-state index contributed by atoms with van der Waals surface area (Å²) >= 11 is 0. The van der Waals surface area contributed by atoms with Crippen LogP contribution in [-0.2, 0) is 0 Å².